The first-order valence-corrected chi connectivity index (χ1v) is 12.3. The highest BCUT2D eigenvalue weighted by atomic mass is 35.5. The van der Waals surface area contributed by atoms with Crippen LogP contribution in [-0.4, -0.2) is 42.1 Å². The molecule has 0 saturated carbocycles. The number of nitrogens with zero attached hydrogens (tertiary/aromatic N) is 2. The number of thiophene rings is 1. The Labute approximate surface area is 206 Å². The van der Waals surface area contributed by atoms with E-state index in [0.717, 1.165) is 41.8 Å². The van der Waals surface area contributed by atoms with Gasteiger partial charge in [-0.1, -0.05) is 23.7 Å². The Morgan fingerprint density at radius 1 is 1.09 bits per heavy atom. The lowest BCUT2D eigenvalue weighted by molar-refractivity contribution is -0.117. The van der Waals surface area contributed by atoms with Crippen molar-refractivity contribution in [1.82, 2.24) is 9.47 Å². The number of halogens is 1. The number of benzene rings is 2. The first-order valence-electron chi connectivity index (χ1n) is 11.1. The Morgan fingerprint density at radius 2 is 1.85 bits per heavy atom. The van der Waals surface area contributed by atoms with Crippen LogP contribution in [0.25, 0.3) is 26.2 Å². The number of pyridine rings is 1. The van der Waals surface area contributed by atoms with E-state index in [0.29, 0.717) is 33.4 Å². The van der Waals surface area contributed by atoms with Crippen LogP contribution in [-0.2, 0) is 4.79 Å². The summed E-state index contributed by atoms with van der Waals surface area (Å²) < 4.78 is 7.80. The highest BCUT2D eigenvalue weighted by molar-refractivity contribution is 7.22. The van der Waals surface area contributed by atoms with Crippen LogP contribution in [0, 0.1) is 0 Å². The van der Waals surface area contributed by atoms with Crippen molar-refractivity contribution >= 4 is 44.6 Å². The molecule has 5 rings (SSSR count). The molecule has 4 aromatic rings. The molecule has 0 spiro atoms. The highest BCUT2D eigenvalue weighted by Gasteiger charge is 2.17. The predicted molar refractivity (Wildman–Crippen MR) is 139 cm³/mol. The molecule has 0 unspecified atom stereocenters. The van der Waals surface area contributed by atoms with Crippen LogP contribution in [0.4, 0.5) is 5.69 Å². The standard InChI is InChI=1S/C26H24ClN3O3S/c1-33-22-15-20(8-9-21(22)28-24(31)16-29-11-2-3-12-29)30-13-10-18-14-23(34-25(18)26(30)32)17-4-6-19(27)7-5-17/h4-10,13-15H,2-3,11-12,16H2,1H3,(H,28,31). The molecule has 2 aromatic carbocycles. The molecule has 174 valence electrons. The predicted octanol–water partition coefficient (Wildman–Crippen LogP) is 5.42. The number of carbonyl (C=O) groups is 1. The van der Waals surface area contributed by atoms with Crippen LogP contribution in [0.2, 0.25) is 5.02 Å². The summed E-state index contributed by atoms with van der Waals surface area (Å²) in [4.78, 5) is 28.9. The average Bonchev–Trinajstić information content (AvgIpc) is 3.50. The molecular weight excluding hydrogens is 470 g/mol. The average molecular weight is 494 g/mol. The number of nitrogens with one attached hydrogen (secondary N) is 1. The molecule has 6 nitrogen and oxygen atoms in total. The molecule has 34 heavy (non-hydrogen) atoms. The van der Waals surface area contributed by atoms with Gasteiger partial charge in [-0.2, -0.15) is 0 Å². The first kappa shape index (κ1) is 22.7. The van der Waals surface area contributed by atoms with Gasteiger partial charge >= 0.3 is 0 Å². The second-order valence-electron chi connectivity index (χ2n) is 8.31. The van der Waals surface area contributed by atoms with Gasteiger partial charge in [0, 0.05) is 27.5 Å². The molecule has 1 saturated heterocycles. The second kappa shape index (κ2) is 9.62. The van der Waals surface area contributed by atoms with Crippen LogP contribution in [0.1, 0.15) is 12.8 Å². The molecule has 0 bridgehead atoms. The van der Waals surface area contributed by atoms with Gasteiger partial charge in [-0.15, -0.1) is 11.3 Å². The minimum atomic E-state index is -0.101. The lowest BCUT2D eigenvalue weighted by Crippen LogP contribution is -2.31. The Kier molecular flexibility index (Phi) is 6.41. The lowest BCUT2D eigenvalue weighted by Gasteiger charge is -2.16. The van der Waals surface area contributed by atoms with Gasteiger partial charge in [-0.3, -0.25) is 19.1 Å². The fraction of sp³-hybridized carbons (Fsp3) is 0.231. The number of rotatable bonds is 6. The van der Waals surface area contributed by atoms with Crippen LogP contribution in [0.3, 0.4) is 0 Å². The zero-order chi connectivity index (χ0) is 23.7. The van der Waals surface area contributed by atoms with Crippen molar-refractivity contribution in [2.45, 2.75) is 12.8 Å². The third-order valence-electron chi connectivity index (χ3n) is 6.01. The minimum Gasteiger partial charge on any atom is -0.494 e. The number of hydrogen-bond donors (Lipinski definition) is 1. The summed E-state index contributed by atoms with van der Waals surface area (Å²) in [5.41, 5.74) is 2.18. The Balaban J connectivity index is 1.43. The van der Waals surface area contributed by atoms with E-state index in [4.69, 9.17) is 16.3 Å². The lowest BCUT2D eigenvalue weighted by atomic mass is 10.2. The third-order valence-corrected chi connectivity index (χ3v) is 7.45. The molecular formula is C26H24ClN3O3S. The highest BCUT2D eigenvalue weighted by Crippen LogP contribution is 2.33. The number of amides is 1. The summed E-state index contributed by atoms with van der Waals surface area (Å²) in [6.07, 6.45) is 4.04. The molecule has 8 heteroatoms. The van der Waals surface area contributed by atoms with Crippen LogP contribution in [0.5, 0.6) is 5.75 Å². The zero-order valence-electron chi connectivity index (χ0n) is 18.7. The topological polar surface area (TPSA) is 63.6 Å². The fourth-order valence-corrected chi connectivity index (χ4v) is 5.47. The number of anilines is 1. The summed E-state index contributed by atoms with van der Waals surface area (Å²) in [6, 6.07) is 16.9. The van der Waals surface area contributed by atoms with E-state index in [2.05, 4.69) is 10.2 Å². The monoisotopic (exact) mass is 493 g/mol. The molecule has 0 aliphatic carbocycles. The van der Waals surface area contributed by atoms with E-state index in [1.807, 2.05) is 42.5 Å². The van der Waals surface area contributed by atoms with Crippen molar-refractivity contribution in [2.75, 3.05) is 32.1 Å². The largest absolute Gasteiger partial charge is 0.494 e. The number of likely N-dealkylation sites (tertiary alicyclic amines) is 1. The van der Waals surface area contributed by atoms with Crippen molar-refractivity contribution in [3.8, 4) is 21.9 Å². The van der Waals surface area contributed by atoms with Crippen molar-refractivity contribution in [1.29, 1.82) is 0 Å². The van der Waals surface area contributed by atoms with Crippen LogP contribution >= 0.6 is 22.9 Å². The normalized spacial score (nSPS) is 13.9. The Morgan fingerprint density at radius 3 is 2.59 bits per heavy atom. The summed E-state index contributed by atoms with van der Waals surface area (Å²) >= 11 is 7.47. The smallest absolute Gasteiger partial charge is 0.273 e. The maximum absolute atomic E-state index is 13.3. The molecule has 0 atom stereocenters. The molecule has 3 heterocycles. The van der Waals surface area contributed by atoms with Crippen LogP contribution < -0.4 is 15.6 Å². The van der Waals surface area contributed by atoms with Gasteiger partial charge in [0.2, 0.25) is 5.91 Å². The number of aromatic nitrogens is 1. The minimum absolute atomic E-state index is 0.0696. The Bertz CT molecular complexity index is 1410. The van der Waals surface area contributed by atoms with Gasteiger partial charge in [0.15, 0.2) is 0 Å². The molecule has 0 radical (unpaired) electrons. The second-order valence-corrected chi connectivity index (χ2v) is 9.80. The number of methoxy groups -OCH3 is 1. The van der Waals surface area contributed by atoms with Crippen molar-refractivity contribution < 1.29 is 9.53 Å². The zero-order valence-corrected chi connectivity index (χ0v) is 20.3. The number of fused-ring (bicyclic) bond motifs is 1. The first-order chi connectivity index (χ1) is 16.5. The number of hydrogen-bond acceptors (Lipinski definition) is 5. The van der Waals surface area contributed by atoms with Gasteiger partial charge in [-0.05, 0) is 67.9 Å². The van der Waals surface area contributed by atoms with Crippen molar-refractivity contribution in [3.05, 3.63) is 76.2 Å². The van der Waals surface area contributed by atoms with E-state index < -0.39 is 0 Å². The quantitative estimate of drug-likeness (QED) is 0.390. The molecule has 1 aliphatic heterocycles. The molecule has 1 N–H and O–H groups in total. The molecule has 1 aliphatic rings. The molecule has 2 aromatic heterocycles. The summed E-state index contributed by atoms with van der Waals surface area (Å²) in [6.45, 7) is 2.28. The molecule has 1 fully saturated rings. The number of ether oxygens (including phenoxy) is 1. The third kappa shape index (κ3) is 4.59. The van der Waals surface area contributed by atoms with E-state index in [-0.39, 0.29) is 11.5 Å². The van der Waals surface area contributed by atoms with Crippen molar-refractivity contribution in [3.63, 3.8) is 0 Å². The van der Waals surface area contributed by atoms with E-state index in [1.165, 1.54) is 11.3 Å². The van der Waals surface area contributed by atoms with Gasteiger partial charge in [0.05, 0.1) is 25.0 Å². The van der Waals surface area contributed by atoms with Gasteiger partial charge in [0.1, 0.15) is 10.4 Å². The maximum Gasteiger partial charge on any atom is 0.273 e. The van der Waals surface area contributed by atoms with Crippen molar-refractivity contribution in [2.24, 2.45) is 0 Å². The summed E-state index contributed by atoms with van der Waals surface area (Å²) in [7, 11) is 1.55. The maximum atomic E-state index is 13.3. The van der Waals surface area contributed by atoms with E-state index in [9.17, 15) is 9.59 Å². The van der Waals surface area contributed by atoms with E-state index in [1.54, 1.807) is 30.0 Å². The van der Waals surface area contributed by atoms with Gasteiger partial charge in [0.25, 0.3) is 5.56 Å². The van der Waals surface area contributed by atoms with Crippen LogP contribution in [0.15, 0.2) is 65.6 Å². The summed E-state index contributed by atoms with van der Waals surface area (Å²) in [5.74, 6) is 0.437. The van der Waals surface area contributed by atoms with E-state index >= 15 is 0 Å². The van der Waals surface area contributed by atoms with Gasteiger partial charge < -0.3 is 10.1 Å². The Hall–Kier alpha value is -3.13. The van der Waals surface area contributed by atoms with Gasteiger partial charge in [-0.25, -0.2) is 0 Å². The number of carbonyl (C=O) groups excluding carboxylic acids is 1. The molecule has 1 amide bonds. The fourth-order valence-electron chi connectivity index (χ4n) is 4.25. The summed E-state index contributed by atoms with van der Waals surface area (Å²) in [5, 5.41) is 4.51. The SMILES string of the molecule is COc1cc(-n2ccc3cc(-c4ccc(Cl)cc4)sc3c2=O)ccc1NC(=O)CN1CCCC1.